The Hall–Kier alpha value is -0.920. The molecule has 0 aromatic rings. The van der Waals surface area contributed by atoms with Crippen LogP contribution in [0.3, 0.4) is 0 Å². The van der Waals surface area contributed by atoms with Gasteiger partial charge in [-0.2, -0.15) is 0 Å². The van der Waals surface area contributed by atoms with Crippen molar-refractivity contribution in [1.82, 2.24) is 4.90 Å². The minimum atomic E-state index is 0.260. The summed E-state index contributed by atoms with van der Waals surface area (Å²) in [6, 6.07) is 0. The molecule has 0 bridgehead atoms. The fourth-order valence-corrected chi connectivity index (χ4v) is 0.892. The van der Waals surface area contributed by atoms with Crippen LogP contribution in [0.4, 0.5) is 0 Å². The summed E-state index contributed by atoms with van der Waals surface area (Å²) in [6.07, 6.45) is 1.99. The van der Waals surface area contributed by atoms with Gasteiger partial charge in [-0.15, -0.1) is 0 Å². The van der Waals surface area contributed by atoms with Crippen molar-refractivity contribution in [2.75, 3.05) is 6.54 Å². The highest BCUT2D eigenvalue weighted by Crippen LogP contribution is 2.16. The van der Waals surface area contributed by atoms with Crippen molar-refractivity contribution in [2.45, 2.75) is 13.0 Å². The average molecular weight is 125 g/mol. The van der Waals surface area contributed by atoms with Crippen LogP contribution in [0.25, 0.3) is 0 Å². The second-order valence-electron chi connectivity index (χ2n) is 2.16. The molecule has 2 nitrogen and oxygen atoms in total. The number of rotatable bonds is 1. The van der Waals surface area contributed by atoms with E-state index in [0.717, 1.165) is 6.54 Å². The molecule has 2 heteroatoms. The molecule has 0 aliphatic carbocycles. The molecule has 1 saturated heterocycles. The first-order valence-corrected chi connectivity index (χ1v) is 2.99. The van der Waals surface area contributed by atoms with Crippen LogP contribution in [0.5, 0.6) is 0 Å². The van der Waals surface area contributed by atoms with Gasteiger partial charge >= 0.3 is 0 Å². The van der Waals surface area contributed by atoms with E-state index < -0.39 is 0 Å². The van der Waals surface area contributed by atoms with Gasteiger partial charge in [-0.1, -0.05) is 6.58 Å². The Morgan fingerprint density at radius 3 is 2.78 bits per heavy atom. The molecule has 0 aromatic carbocycles. The monoisotopic (exact) mass is 125 g/mol. The van der Waals surface area contributed by atoms with E-state index in [2.05, 4.69) is 13.2 Å². The van der Waals surface area contributed by atoms with Crippen molar-refractivity contribution in [3.63, 3.8) is 0 Å². The first-order valence-electron chi connectivity index (χ1n) is 2.99. The molecule has 1 rings (SSSR count). The number of ether oxygens (including phenoxy) is 1. The van der Waals surface area contributed by atoms with E-state index in [0.29, 0.717) is 5.88 Å². The van der Waals surface area contributed by atoms with Gasteiger partial charge in [-0.25, -0.2) is 0 Å². The SMILES string of the molecule is C=CN1CC(C)OC1=C. The lowest BCUT2D eigenvalue weighted by molar-refractivity contribution is 0.180. The minimum absolute atomic E-state index is 0.260. The quantitative estimate of drug-likeness (QED) is 0.524. The maximum atomic E-state index is 5.22. The van der Waals surface area contributed by atoms with Crippen molar-refractivity contribution < 1.29 is 4.74 Å². The lowest BCUT2D eigenvalue weighted by Crippen LogP contribution is -2.11. The van der Waals surface area contributed by atoms with E-state index in [1.165, 1.54) is 0 Å². The van der Waals surface area contributed by atoms with Gasteiger partial charge in [-0.3, -0.25) is 0 Å². The van der Waals surface area contributed by atoms with Crippen molar-refractivity contribution in [3.8, 4) is 0 Å². The molecule has 1 aliphatic heterocycles. The fourth-order valence-electron chi connectivity index (χ4n) is 0.892. The highest BCUT2D eigenvalue weighted by molar-refractivity contribution is 4.96. The standard InChI is InChI=1S/C7H11NO/c1-4-8-5-6(2)9-7(8)3/h4,6H,1,3,5H2,2H3. The Kier molecular flexibility index (Phi) is 1.47. The highest BCUT2D eigenvalue weighted by Gasteiger charge is 2.19. The Labute approximate surface area is 55.4 Å². The van der Waals surface area contributed by atoms with Gasteiger partial charge in [0.15, 0.2) is 5.88 Å². The summed E-state index contributed by atoms with van der Waals surface area (Å²) in [7, 11) is 0. The third-order valence-corrected chi connectivity index (χ3v) is 1.33. The molecule has 1 fully saturated rings. The molecule has 1 heterocycles. The summed E-state index contributed by atoms with van der Waals surface area (Å²) in [5.41, 5.74) is 0. The second-order valence-corrected chi connectivity index (χ2v) is 2.16. The van der Waals surface area contributed by atoms with Gasteiger partial charge in [0.1, 0.15) is 6.10 Å². The number of hydrogen-bond donors (Lipinski definition) is 0. The van der Waals surface area contributed by atoms with Gasteiger partial charge in [0.2, 0.25) is 0 Å². The first kappa shape index (κ1) is 6.20. The van der Waals surface area contributed by atoms with E-state index in [-0.39, 0.29) is 6.10 Å². The lowest BCUT2D eigenvalue weighted by Gasteiger charge is -2.06. The second kappa shape index (κ2) is 2.13. The molecular formula is C7H11NO. The molecule has 1 atom stereocenters. The molecule has 0 aromatic heterocycles. The first-order chi connectivity index (χ1) is 4.24. The van der Waals surface area contributed by atoms with Gasteiger partial charge in [0.25, 0.3) is 0 Å². The van der Waals surface area contributed by atoms with Crippen LogP contribution in [0.1, 0.15) is 6.92 Å². The summed E-state index contributed by atoms with van der Waals surface area (Å²) in [5.74, 6) is 0.706. The summed E-state index contributed by atoms with van der Waals surface area (Å²) in [6.45, 7) is 10.2. The molecule has 0 saturated carbocycles. The van der Waals surface area contributed by atoms with E-state index in [1.807, 2.05) is 11.8 Å². The normalized spacial score (nSPS) is 26.1. The smallest absolute Gasteiger partial charge is 0.186 e. The maximum absolute atomic E-state index is 5.22. The summed E-state index contributed by atoms with van der Waals surface area (Å²) in [5, 5.41) is 0. The Balaban J connectivity index is 2.57. The predicted octanol–water partition coefficient (Wildman–Crippen LogP) is 1.32. The number of hydrogen-bond acceptors (Lipinski definition) is 2. The Bertz CT molecular complexity index is 142. The van der Waals surface area contributed by atoms with Crippen LogP contribution in [0.15, 0.2) is 25.2 Å². The predicted molar refractivity (Wildman–Crippen MR) is 36.6 cm³/mol. The van der Waals surface area contributed by atoms with E-state index in [4.69, 9.17) is 4.74 Å². The molecular weight excluding hydrogens is 114 g/mol. The number of nitrogens with zero attached hydrogens (tertiary/aromatic N) is 1. The van der Waals surface area contributed by atoms with E-state index in [9.17, 15) is 0 Å². The zero-order valence-electron chi connectivity index (χ0n) is 5.63. The van der Waals surface area contributed by atoms with Crippen LogP contribution in [-0.2, 0) is 4.74 Å². The van der Waals surface area contributed by atoms with E-state index >= 15 is 0 Å². The molecule has 0 amide bonds. The molecule has 50 valence electrons. The molecule has 1 unspecified atom stereocenters. The Morgan fingerprint density at radius 1 is 1.89 bits per heavy atom. The van der Waals surface area contributed by atoms with Crippen LogP contribution in [-0.4, -0.2) is 17.5 Å². The van der Waals surface area contributed by atoms with Crippen LogP contribution in [0, 0.1) is 0 Å². The van der Waals surface area contributed by atoms with Crippen molar-refractivity contribution in [1.29, 1.82) is 0 Å². The maximum Gasteiger partial charge on any atom is 0.186 e. The van der Waals surface area contributed by atoms with Crippen LogP contribution in [0.2, 0.25) is 0 Å². The zero-order chi connectivity index (χ0) is 6.85. The van der Waals surface area contributed by atoms with Crippen molar-refractivity contribution in [2.24, 2.45) is 0 Å². The van der Waals surface area contributed by atoms with E-state index in [1.54, 1.807) is 6.20 Å². The van der Waals surface area contributed by atoms with Crippen molar-refractivity contribution in [3.05, 3.63) is 25.2 Å². The summed E-state index contributed by atoms with van der Waals surface area (Å²) >= 11 is 0. The van der Waals surface area contributed by atoms with Crippen LogP contribution >= 0.6 is 0 Å². The topological polar surface area (TPSA) is 12.5 Å². The van der Waals surface area contributed by atoms with Gasteiger partial charge < -0.3 is 9.64 Å². The third-order valence-electron chi connectivity index (χ3n) is 1.33. The van der Waals surface area contributed by atoms with Crippen LogP contribution < -0.4 is 0 Å². The molecule has 0 N–H and O–H groups in total. The molecule has 0 radical (unpaired) electrons. The minimum Gasteiger partial charge on any atom is -0.474 e. The third kappa shape index (κ3) is 1.07. The molecule has 9 heavy (non-hydrogen) atoms. The van der Waals surface area contributed by atoms with Gasteiger partial charge in [0.05, 0.1) is 6.54 Å². The molecule has 0 spiro atoms. The zero-order valence-corrected chi connectivity index (χ0v) is 5.63. The summed E-state index contributed by atoms with van der Waals surface area (Å²) < 4.78 is 5.22. The van der Waals surface area contributed by atoms with Crippen molar-refractivity contribution >= 4 is 0 Å². The highest BCUT2D eigenvalue weighted by atomic mass is 16.5. The molecule has 1 aliphatic rings. The summed E-state index contributed by atoms with van der Waals surface area (Å²) in [4.78, 5) is 1.89. The van der Waals surface area contributed by atoms with Gasteiger partial charge in [-0.05, 0) is 19.7 Å². The average Bonchev–Trinajstić information content (AvgIpc) is 2.10. The fraction of sp³-hybridized carbons (Fsp3) is 0.429. The Morgan fingerprint density at radius 2 is 2.56 bits per heavy atom. The largest absolute Gasteiger partial charge is 0.474 e. The van der Waals surface area contributed by atoms with Gasteiger partial charge in [0, 0.05) is 0 Å². The lowest BCUT2D eigenvalue weighted by atomic mass is 10.4.